The average Bonchev–Trinajstić information content (AvgIpc) is 3.29. The van der Waals surface area contributed by atoms with E-state index in [1.807, 2.05) is 61.7 Å². The van der Waals surface area contributed by atoms with E-state index in [2.05, 4.69) is 28.6 Å². The lowest BCUT2D eigenvalue weighted by Gasteiger charge is -2.39. The van der Waals surface area contributed by atoms with Crippen LogP contribution in [0.2, 0.25) is 0 Å². The van der Waals surface area contributed by atoms with Crippen LogP contribution in [0.4, 0.5) is 5.69 Å². The number of para-hydroxylation sites is 1. The van der Waals surface area contributed by atoms with Gasteiger partial charge in [-0.25, -0.2) is 0 Å². The molecule has 1 aromatic rings. The van der Waals surface area contributed by atoms with E-state index in [9.17, 15) is 5.11 Å². The minimum atomic E-state index is -1.03. The zero-order valence-corrected chi connectivity index (χ0v) is 13.6. The molecule has 1 heterocycles. The van der Waals surface area contributed by atoms with Crippen molar-refractivity contribution in [3.8, 4) is 0 Å². The molecular formula is C22H19NO. The van der Waals surface area contributed by atoms with E-state index in [4.69, 9.17) is 0 Å². The molecule has 0 aromatic heterocycles. The van der Waals surface area contributed by atoms with E-state index in [1.165, 1.54) is 5.56 Å². The van der Waals surface area contributed by atoms with Crippen LogP contribution in [0.5, 0.6) is 0 Å². The number of benzene rings is 1. The minimum Gasteiger partial charge on any atom is -0.384 e. The van der Waals surface area contributed by atoms with Crippen LogP contribution in [0.15, 0.2) is 88.3 Å². The van der Waals surface area contributed by atoms with Crippen LogP contribution in [-0.4, -0.2) is 16.9 Å². The molecule has 1 N–H and O–H groups in total. The molecular weight excluding hydrogens is 294 g/mol. The molecule has 0 fully saturated rings. The zero-order valence-electron chi connectivity index (χ0n) is 13.6. The standard InChI is InChI=1S/C22H19NO/c1-22(24,17-10-4-5-11-17)21(16-8-2-3-9-16)19-14-15-23-20-13-7-6-12-18(19)20/h2-8,10,12-13,15,19,21,24H,14H2,1H3/t19-,21?,22?/m0/s1. The van der Waals surface area contributed by atoms with E-state index in [1.54, 1.807) is 0 Å². The quantitative estimate of drug-likeness (QED) is 0.813. The third kappa shape index (κ3) is 2.38. The Kier molecular flexibility index (Phi) is 3.59. The van der Waals surface area contributed by atoms with Crippen molar-refractivity contribution in [2.75, 3.05) is 0 Å². The summed E-state index contributed by atoms with van der Waals surface area (Å²) < 4.78 is 0. The topological polar surface area (TPSA) is 32.6 Å². The summed E-state index contributed by atoms with van der Waals surface area (Å²) in [5.74, 6) is 0.0368. The number of aliphatic imine (C=N–C) groups is 1. The largest absolute Gasteiger partial charge is 0.384 e. The lowest BCUT2D eigenvalue weighted by Crippen LogP contribution is -2.40. The Hall–Kier alpha value is -2.63. The Bertz CT molecular complexity index is 898. The number of rotatable bonds is 4. The van der Waals surface area contributed by atoms with Crippen LogP contribution in [0.1, 0.15) is 24.8 Å². The van der Waals surface area contributed by atoms with Crippen LogP contribution in [-0.2, 0) is 0 Å². The highest BCUT2D eigenvalue weighted by molar-refractivity contribution is 5.71. The van der Waals surface area contributed by atoms with Crippen molar-refractivity contribution in [3.63, 3.8) is 0 Å². The van der Waals surface area contributed by atoms with Gasteiger partial charge in [-0.05, 0) is 43.2 Å². The molecule has 3 atom stereocenters. The normalized spacial score (nSPS) is 23.8. The van der Waals surface area contributed by atoms with Crippen LogP contribution in [0.25, 0.3) is 0 Å². The Morgan fingerprint density at radius 3 is 2.71 bits per heavy atom. The van der Waals surface area contributed by atoms with Crippen molar-refractivity contribution in [2.24, 2.45) is 10.9 Å². The molecule has 2 aliphatic carbocycles. The highest BCUT2D eigenvalue weighted by Crippen LogP contribution is 2.47. The molecule has 0 bridgehead atoms. The molecule has 118 valence electrons. The highest BCUT2D eigenvalue weighted by atomic mass is 16.3. The Labute approximate surface area is 142 Å². The molecule has 24 heavy (non-hydrogen) atoms. The molecule has 0 saturated heterocycles. The molecule has 4 rings (SSSR count). The van der Waals surface area contributed by atoms with Gasteiger partial charge in [-0.1, -0.05) is 36.4 Å². The minimum absolute atomic E-state index is 0.112. The SMILES string of the molecule is CC(O)(C1=C=CC=C1)C(C1=C=CC=C1)[C@H]1CC=Nc2ccccc21. The van der Waals surface area contributed by atoms with E-state index in [0.717, 1.165) is 23.3 Å². The van der Waals surface area contributed by atoms with Gasteiger partial charge in [-0.2, -0.15) is 0 Å². The highest BCUT2D eigenvalue weighted by Gasteiger charge is 2.43. The summed E-state index contributed by atoms with van der Waals surface area (Å²) in [6.07, 6.45) is 14.4. The Balaban J connectivity index is 1.85. The zero-order chi connectivity index (χ0) is 16.6. The van der Waals surface area contributed by atoms with Gasteiger partial charge >= 0.3 is 0 Å². The van der Waals surface area contributed by atoms with E-state index < -0.39 is 5.60 Å². The summed E-state index contributed by atoms with van der Waals surface area (Å²) in [4.78, 5) is 4.53. The van der Waals surface area contributed by atoms with Gasteiger partial charge in [0.05, 0.1) is 5.69 Å². The second kappa shape index (κ2) is 5.78. The monoisotopic (exact) mass is 313 g/mol. The number of nitrogens with zero attached hydrogens (tertiary/aromatic N) is 1. The molecule has 0 saturated carbocycles. The summed E-state index contributed by atoms with van der Waals surface area (Å²) in [5, 5.41) is 11.5. The molecule has 3 aliphatic rings. The maximum atomic E-state index is 11.5. The molecule has 0 radical (unpaired) electrons. The molecule has 1 aromatic carbocycles. The Morgan fingerprint density at radius 1 is 1.17 bits per heavy atom. The third-order valence-corrected chi connectivity index (χ3v) is 5.03. The van der Waals surface area contributed by atoms with Gasteiger partial charge < -0.3 is 5.11 Å². The molecule has 2 nitrogen and oxygen atoms in total. The average molecular weight is 313 g/mol. The van der Waals surface area contributed by atoms with Gasteiger partial charge in [0.15, 0.2) is 0 Å². The third-order valence-electron chi connectivity index (χ3n) is 5.03. The second-order valence-corrected chi connectivity index (χ2v) is 6.55. The number of aliphatic hydroxyl groups is 1. The van der Waals surface area contributed by atoms with Gasteiger partial charge in [0.25, 0.3) is 0 Å². The first kappa shape index (κ1) is 14.9. The van der Waals surface area contributed by atoms with Crippen molar-refractivity contribution in [2.45, 2.75) is 24.9 Å². The lowest BCUT2D eigenvalue weighted by atomic mass is 9.67. The fourth-order valence-corrected chi connectivity index (χ4v) is 3.89. The van der Waals surface area contributed by atoms with Gasteiger partial charge in [0, 0.05) is 29.2 Å². The molecule has 0 spiro atoms. The van der Waals surface area contributed by atoms with Crippen molar-refractivity contribution in [1.82, 2.24) is 0 Å². The number of hydrogen-bond donors (Lipinski definition) is 1. The fourth-order valence-electron chi connectivity index (χ4n) is 3.89. The van der Waals surface area contributed by atoms with E-state index >= 15 is 0 Å². The summed E-state index contributed by atoms with van der Waals surface area (Å²) in [5.41, 5.74) is 9.50. The van der Waals surface area contributed by atoms with Gasteiger partial charge in [-0.15, -0.1) is 11.5 Å². The maximum Gasteiger partial charge on any atom is 0.102 e. The van der Waals surface area contributed by atoms with Gasteiger partial charge in [0.2, 0.25) is 0 Å². The molecule has 2 unspecified atom stereocenters. The number of fused-ring (bicyclic) bond motifs is 1. The van der Waals surface area contributed by atoms with Gasteiger partial charge in [0.1, 0.15) is 5.60 Å². The first-order valence-corrected chi connectivity index (χ1v) is 8.29. The lowest BCUT2D eigenvalue weighted by molar-refractivity contribution is 0.0441. The smallest absolute Gasteiger partial charge is 0.102 e. The first-order valence-electron chi connectivity index (χ1n) is 8.29. The van der Waals surface area contributed by atoms with Crippen LogP contribution >= 0.6 is 0 Å². The maximum absolute atomic E-state index is 11.5. The second-order valence-electron chi connectivity index (χ2n) is 6.55. The van der Waals surface area contributed by atoms with Crippen LogP contribution in [0.3, 0.4) is 0 Å². The predicted octanol–water partition coefficient (Wildman–Crippen LogP) is 4.55. The predicted molar refractivity (Wildman–Crippen MR) is 97.5 cm³/mol. The summed E-state index contributed by atoms with van der Waals surface area (Å²) in [6, 6.07) is 8.21. The number of allylic oxidation sites excluding steroid dienone is 3. The summed E-state index contributed by atoms with van der Waals surface area (Å²) in [6.45, 7) is 1.89. The van der Waals surface area contributed by atoms with E-state index in [0.29, 0.717) is 0 Å². The van der Waals surface area contributed by atoms with E-state index in [-0.39, 0.29) is 11.8 Å². The fraction of sp³-hybridized carbons (Fsp3) is 0.227. The Morgan fingerprint density at radius 2 is 1.96 bits per heavy atom. The summed E-state index contributed by atoms with van der Waals surface area (Å²) >= 11 is 0. The van der Waals surface area contributed by atoms with Gasteiger partial charge in [-0.3, -0.25) is 4.99 Å². The molecule has 0 amide bonds. The van der Waals surface area contributed by atoms with Crippen molar-refractivity contribution in [3.05, 3.63) is 88.9 Å². The van der Waals surface area contributed by atoms with Crippen LogP contribution < -0.4 is 0 Å². The summed E-state index contributed by atoms with van der Waals surface area (Å²) in [7, 11) is 0. The van der Waals surface area contributed by atoms with Crippen molar-refractivity contribution in [1.29, 1.82) is 0 Å². The molecule has 2 heteroatoms. The first-order chi connectivity index (χ1) is 11.7. The molecule has 1 aliphatic heterocycles. The van der Waals surface area contributed by atoms with Crippen LogP contribution in [0, 0.1) is 5.92 Å². The number of hydrogen-bond acceptors (Lipinski definition) is 2. The van der Waals surface area contributed by atoms with Crippen molar-refractivity contribution >= 4 is 11.9 Å². The van der Waals surface area contributed by atoms with Crippen molar-refractivity contribution < 1.29 is 5.11 Å².